The first-order valence-corrected chi connectivity index (χ1v) is 6.73. The molecule has 0 aromatic carbocycles. The molecule has 0 radical (unpaired) electrons. The van der Waals surface area contributed by atoms with E-state index in [2.05, 4.69) is 13.8 Å². The highest BCUT2D eigenvalue weighted by Gasteiger charge is 2.27. The zero-order chi connectivity index (χ0) is 12.7. The number of amides is 1. The summed E-state index contributed by atoms with van der Waals surface area (Å²) in [4.78, 5) is 13.7. The molecular formula is C13H25NO3. The van der Waals surface area contributed by atoms with Crippen molar-refractivity contribution in [3.05, 3.63) is 0 Å². The number of likely N-dealkylation sites (tertiary alicyclic amines) is 1. The van der Waals surface area contributed by atoms with E-state index in [1.165, 1.54) is 0 Å². The van der Waals surface area contributed by atoms with E-state index in [9.17, 15) is 4.79 Å². The van der Waals surface area contributed by atoms with Gasteiger partial charge in [-0.15, -0.1) is 0 Å². The van der Waals surface area contributed by atoms with Crippen molar-refractivity contribution < 1.29 is 14.6 Å². The Hall–Kier alpha value is -0.770. The molecule has 0 spiro atoms. The Kier molecular flexibility index (Phi) is 6.34. The van der Waals surface area contributed by atoms with E-state index in [1.54, 1.807) is 4.90 Å². The predicted molar refractivity (Wildman–Crippen MR) is 66.9 cm³/mol. The summed E-state index contributed by atoms with van der Waals surface area (Å²) >= 11 is 0. The lowest BCUT2D eigenvalue weighted by Crippen LogP contribution is -2.44. The second kappa shape index (κ2) is 7.54. The van der Waals surface area contributed by atoms with Crippen LogP contribution < -0.4 is 0 Å². The molecule has 1 fully saturated rings. The highest BCUT2D eigenvalue weighted by molar-refractivity contribution is 5.68. The van der Waals surface area contributed by atoms with Crippen LogP contribution in [-0.4, -0.2) is 41.9 Å². The molecule has 17 heavy (non-hydrogen) atoms. The Morgan fingerprint density at radius 1 is 1.53 bits per heavy atom. The lowest BCUT2D eigenvalue weighted by atomic mass is 10.0. The van der Waals surface area contributed by atoms with Gasteiger partial charge in [0.25, 0.3) is 0 Å². The van der Waals surface area contributed by atoms with Crippen LogP contribution in [0.15, 0.2) is 0 Å². The number of rotatable bonds is 5. The number of carbonyl (C=O) groups excluding carboxylic acids is 1. The topological polar surface area (TPSA) is 49.8 Å². The van der Waals surface area contributed by atoms with Crippen molar-refractivity contribution in [2.45, 2.75) is 52.0 Å². The van der Waals surface area contributed by atoms with Crippen molar-refractivity contribution in [1.29, 1.82) is 0 Å². The maximum absolute atomic E-state index is 11.9. The molecule has 0 aromatic rings. The predicted octanol–water partition coefficient (Wildman–Crippen LogP) is 2.41. The summed E-state index contributed by atoms with van der Waals surface area (Å²) in [7, 11) is 0. The van der Waals surface area contributed by atoms with Gasteiger partial charge in [-0.2, -0.15) is 0 Å². The molecule has 1 rings (SSSR count). The van der Waals surface area contributed by atoms with Gasteiger partial charge in [0.1, 0.15) is 0 Å². The molecule has 0 aliphatic carbocycles. The summed E-state index contributed by atoms with van der Waals surface area (Å²) in [6, 6.07) is 0.165. The molecule has 1 aliphatic rings. The van der Waals surface area contributed by atoms with Crippen molar-refractivity contribution in [2.75, 3.05) is 19.8 Å². The minimum atomic E-state index is -0.205. The third kappa shape index (κ3) is 4.54. The molecule has 2 unspecified atom stereocenters. The van der Waals surface area contributed by atoms with Crippen molar-refractivity contribution in [3.63, 3.8) is 0 Å². The lowest BCUT2D eigenvalue weighted by Gasteiger charge is -2.34. The fourth-order valence-corrected chi connectivity index (χ4v) is 2.10. The molecule has 0 saturated carbocycles. The van der Waals surface area contributed by atoms with Crippen molar-refractivity contribution in [2.24, 2.45) is 5.92 Å². The minimum Gasteiger partial charge on any atom is -0.449 e. The summed E-state index contributed by atoms with van der Waals surface area (Å²) < 4.78 is 5.32. The van der Waals surface area contributed by atoms with Crippen LogP contribution in [0.3, 0.4) is 0 Å². The first-order chi connectivity index (χ1) is 8.19. The van der Waals surface area contributed by atoms with Crippen LogP contribution in [-0.2, 0) is 4.74 Å². The minimum absolute atomic E-state index is 0.139. The van der Waals surface area contributed by atoms with Gasteiger partial charge in [-0.3, -0.25) is 0 Å². The van der Waals surface area contributed by atoms with E-state index in [-0.39, 0.29) is 18.7 Å². The Bertz CT molecular complexity index is 231. The van der Waals surface area contributed by atoms with E-state index in [0.29, 0.717) is 18.9 Å². The number of piperidine rings is 1. The maximum Gasteiger partial charge on any atom is 0.410 e. The van der Waals surface area contributed by atoms with Crippen LogP contribution in [0, 0.1) is 5.92 Å². The molecule has 0 aromatic heterocycles. The maximum atomic E-state index is 11.9. The van der Waals surface area contributed by atoms with Gasteiger partial charge < -0.3 is 14.7 Å². The summed E-state index contributed by atoms with van der Waals surface area (Å²) in [5, 5.41) is 9.00. The third-order valence-corrected chi connectivity index (χ3v) is 3.51. The SMILES string of the molecule is CCC(C)COC(=O)N1CCCCC1CCO. The molecule has 1 heterocycles. The van der Waals surface area contributed by atoms with Crippen LogP contribution >= 0.6 is 0 Å². The third-order valence-electron chi connectivity index (χ3n) is 3.51. The van der Waals surface area contributed by atoms with Gasteiger partial charge in [-0.05, 0) is 31.6 Å². The normalized spacial score (nSPS) is 22.3. The summed E-state index contributed by atoms with van der Waals surface area (Å²) in [6.07, 6.45) is 4.65. The number of ether oxygens (including phenoxy) is 1. The van der Waals surface area contributed by atoms with Crippen LogP contribution in [0.1, 0.15) is 46.0 Å². The Balaban J connectivity index is 2.41. The smallest absolute Gasteiger partial charge is 0.410 e. The quantitative estimate of drug-likeness (QED) is 0.806. The van der Waals surface area contributed by atoms with E-state index in [0.717, 1.165) is 32.2 Å². The average Bonchev–Trinajstić information content (AvgIpc) is 2.36. The second-order valence-electron chi connectivity index (χ2n) is 4.95. The Morgan fingerprint density at radius 2 is 2.29 bits per heavy atom. The van der Waals surface area contributed by atoms with E-state index >= 15 is 0 Å². The standard InChI is InChI=1S/C13H25NO3/c1-3-11(2)10-17-13(16)14-8-5-4-6-12(14)7-9-15/h11-12,15H,3-10H2,1-2H3. The molecule has 1 aliphatic heterocycles. The highest BCUT2D eigenvalue weighted by atomic mass is 16.6. The number of aliphatic hydroxyl groups is 1. The lowest BCUT2D eigenvalue weighted by molar-refractivity contribution is 0.0571. The van der Waals surface area contributed by atoms with Gasteiger partial charge in [0.2, 0.25) is 0 Å². The van der Waals surface area contributed by atoms with E-state index in [1.807, 2.05) is 0 Å². The second-order valence-corrected chi connectivity index (χ2v) is 4.95. The fraction of sp³-hybridized carbons (Fsp3) is 0.923. The Morgan fingerprint density at radius 3 is 2.94 bits per heavy atom. The molecule has 100 valence electrons. The molecule has 2 atom stereocenters. The Labute approximate surface area is 104 Å². The van der Waals surface area contributed by atoms with Gasteiger partial charge in [0, 0.05) is 19.2 Å². The van der Waals surface area contributed by atoms with Crippen molar-refractivity contribution >= 4 is 6.09 Å². The summed E-state index contributed by atoms with van der Waals surface area (Å²) in [6.45, 7) is 5.57. The van der Waals surface area contributed by atoms with Crippen molar-refractivity contribution in [1.82, 2.24) is 4.90 Å². The number of carbonyl (C=O) groups is 1. The first-order valence-electron chi connectivity index (χ1n) is 6.73. The number of hydrogen-bond donors (Lipinski definition) is 1. The monoisotopic (exact) mass is 243 g/mol. The molecule has 4 nitrogen and oxygen atoms in total. The molecule has 1 amide bonds. The molecule has 4 heteroatoms. The highest BCUT2D eigenvalue weighted by Crippen LogP contribution is 2.20. The number of hydrogen-bond acceptors (Lipinski definition) is 3. The van der Waals surface area contributed by atoms with Gasteiger partial charge in [-0.1, -0.05) is 20.3 Å². The first kappa shape index (κ1) is 14.3. The van der Waals surface area contributed by atoms with Crippen LogP contribution in [0.25, 0.3) is 0 Å². The number of nitrogens with zero attached hydrogens (tertiary/aromatic N) is 1. The van der Waals surface area contributed by atoms with E-state index < -0.39 is 0 Å². The van der Waals surface area contributed by atoms with Gasteiger partial charge in [0.15, 0.2) is 0 Å². The summed E-state index contributed by atoms with van der Waals surface area (Å²) in [5.41, 5.74) is 0. The van der Waals surface area contributed by atoms with Crippen LogP contribution in [0.2, 0.25) is 0 Å². The van der Waals surface area contributed by atoms with Crippen molar-refractivity contribution in [3.8, 4) is 0 Å². The summed E-state index contributed by atoms with van der Waals surface area (Å²) in [5.74, 6) is 0.417. The average molecular weight is 243 g/mol. The van der Waals surface area contributed by atoms with Crippen LogP contribution in [0.4, 0.5) is 4.79 Å². The van der Waals surface area contributed by atoms with Gasteiger partial charge in [-0.25, -0.2) is 4.79 Å². The molecular weight excluding hydrogens is 218 g/mol. The van der Waals surface area contributed by atoms with Crippen LogP contribution in [0.5, 0.6) is 0 Å². The largest absolute Gasteiger partial charge is 0.449 e. The molecule has 1 saturated heterocycles. The molecule has 0 bridgehead atoms. The van der Waals surface area contributed by atoms with Gasteiger partial charge >= 0.3 is 6.09 Å². The van der Waals surface area contributed by atoms with Gasteiger partial charge in [0.05, 0.1) is 6.61 Å². The zero-order valence-corrected chi connectivity index (χ0v) is 11.0. The fourth-order valence-electron chi connectivity index (χ4n) is 2.10. The molecule has 1 N–H and O–H groups in total. The zero-order valence-electron chi connectivity index (χ0n) is 11.0. The van der Waals surface area contributed by atoms with E-state index in [4.69, 9.17) is 9.84 Å². The number of aliphatic hydroxyl groups excluding tert-OH is 1.